The molecule has 0 atom stereocenters. The Morgan fingerprint density at radius 3 is 2.39 bits per heavy atom. The number of halogens is 1. The molecule has 0 aliphatic rings. The van der Waals surface area contributed by atoms with Crippen LogP contribution in [0.4, 0.5) is 10.1 Å². The highest BCUT2D eigenvalue weighted by molar-refractivity contribution is 6.02. The Morgan fingerprint density at radius 1 is 1.13 bits per heavy atom. The zero-order valence-electron chi connectivity index (χ0n) is 12.8. The summed E-state index contributed by atoms with van der Waals surface area (Å²) in [5.74, 6) is -0.729. The first-order valence-electron chi connectivity index (χ1n) is 6.93. The summed E-state index contributed by atoms with van der Waals surface area (Å²) in [6, 6.07) is 11.0. The van der Waals surface area contributed by atoms with E-state index in [0.717, 1.165) is 0 Å². The molecule has 2 aromatic rings. The van der Waals surface area contributed by atoms with Gasteiger partial charge in [-0.3, -0.25) is 9.59 Å². The molecule has 5 heteroatoms. The maximum absolute atomic E-state index is 13.5. The first kappa shape index (κ1) is 16.4. The molecule has 0 aromatic heterocycles. The number of Topliss-reactive ketones (excluding diaryl/α,β-unsaturated/α-hetero) is 1. The summed E-state index contributed by atoms with van der Waals surface area (Å²) in [5.41, 5.74) is 1.70. The number of ether oxygens (including phenoxy) is 1. The minimum atomic E-state index is -0.491. The van der Waals surface area contributed by atoms with Crippen molar-refractivity contribution in [3.8, 4) is 5.75 Å². The van der Waals surface area contributed by atoms with Gasteiger partial charge in [0.1, 0.15) is 0 Å². The predicted molar refractivity (Wildman–Crippen MR) is 87.1 cm³/mol. The summed E-state index contributed by atoms with van der Waals surface area (Å²) in [6.45, 7) is 1.48. The van der Waals surface area contributed by atoms with Gasteiger partial charge in [0.2, 0.25) is 5.91 Å². The first-order chi connectivity index (χ1) is 11.0. The topological polar surface area (TPSA) is 55.4 Å². The lowest BCUT2D eigenvalue weighted by molar-refractivity contribution is -0.111. The second kappa shape index (κ2) is 7.35. The van der Waals surface area contributed by atoms with E-state index in [1.54, 1.807) is 30.3 Å². The molecule has 2 rings (SSSR count). The third kappa shape index (κ3) is 4.51. The summed E-state index contributed by atoms with van der Waals surface area (Å²) in [5, 5.41) is 2.66. The van der Waals surface area contributed by atoms with Gasteiger partial charge in [-0.25, -0.2) is 4.39 Å². The number of nitrogens with one attached hydrogen (secondary N) is 1. The van der Waals surface area contributed by atoms with E-state index in [1.807, 2.05) is 0 Å². The average Bonchev–Trinajstić information content (AvgIpc) is 2.53. The van der Waals surface area contributed by atoms with Crippen LogP contribution in [0.1, 0.15) is 22.8 Å². The van der Waals surface area contributed by atoms with E-state index in [9.17, 15) is 14.0 Å². The highest BCUT2D eigenvalue weighted by Gasteiger charge is 2.03. The van der Waals surface area contributed by atoms with E-state index >= 15 is 0 Å². The largest absolute Gasteiger partial charge is 0.494 e. The van der Waals surface area contributed by atoms with Crippen molar-refractivity contribution >= 4 is 23.5 Å². The first-order valence-corrected chi connectivity index (χ1v) is 6.93. The molecule has 0 aliphatic carbocycles. The van der Waals surface area contributed by atoms with Crippen LogP contribution in [-0.2, 0) is 4.79 Å². The van der Waals surface area contributed by atoms with Gasteiger partial charge in [0.05, 0.1) is 7.11 Å². The molecule has 1 amide bonds. The number of anilines is 1. The number of rotatable bonds is 5. The highest BCUT2D eigenvalue weighted by Crippen LogP contribution is 2.18. The number of hydrogen-bond donors (Lipinski definition) is 1. The number of carbonyl (C=O) groups is 2. The molecule has 0 radical (unpaired) electrons. The summed E-state index contributed by atoms with van der Waals surface area (Å²) in [6.07, 6.45) is 2.81. The molecule has 0 aliphatic heterocycles. The Morgan fingerprint density at radius 2 is 1.83 bits per heavy atom. The van der Waals surface area contributed by atoms with Crippen molar-refractivity contribution in [3.63, 3.8) is 0 Å². The van der Waals surface area contributed by atoms with Gasteiger partial charge in [-0.05, 0) is 55.0 Å². The fourth-order valence-electron chi connectivity index (χ4n) is 1.93. The van der Waals surface area contributed by atoms with Crippen molar-refractivity contribution < 1.29 is 18.7 Å². The SMILES string of the molecule is COc1ccc(C=CC(=O)Nc2ccc(C(C)=O)cc2)cc1F. The molecule has 0 saturated heterocycles. The summed E-state index contributed by atoms with van der Waals surface area (Å²) >= 11 is 0. The molecule has 118 valence electrons. The van der Waals surface area contributed by atoms with Gasteiger partial charge in [0.25, 0.3) is 0 Å². The molecule has 1 N–H and O–H groups in total. The molecule has 4 nitrogen and oxygen atoms in total. The maximum atomic E-state index is 13.5. The quantitative estimate of drug-likeness (QED) is 0.676. The van der Waals surface area contributed by atoms with Crippen LogP contribution in [-0.4, -0.2) is 18.8 Å². The number of amides is 1. The van der Waals surface area contributed by atoms with Crippen LogP contribution in [0.15, 0.2) is 48.5 Å². The van der Waals surface area contributed by atoms with Crippen LogP contribution in [0.25, 0.3) is 6.08 Å². The maximum Gasteiger partial charge on any atom is 0.248 e. The van der Waals surface area contributed by atoms with E-state index in [1.165, 1.54) is 38.3 Å². The van der Waals surface area contributed by atoms with E-state index in [2.05, 4.69) is 5.32 Å². The van der Waals surface area contributed by atoms with Gasteiger partial charge < -0.3 is 10.1 Å². The Bertz CT molecular complexity index is 751. The van der Waals surface area contributed by atoms with Crippen molar-refractivity contribution in [2.75, 3.05) is 12.4 Å². The van der Waals surface area contributed by atoms with Crippen LogP contribution in [0, 0.1) is 5.82 Å². The lowest BCUT2D eigenvalue weighted by Gasteiger charge is -2.03. The molecule has 0 spiro atoms. The van der Waals surface area contributed by atoms with Crippen molar-refractivity contribution in [1.29, 1.82) is 0 Å². The molecular formula is C18H16FNO3. The molecule has 23 heavy (non-hydrogen) atoms. The van der Waals surface area contributed by atoms with Crippen LogP contribution in [0.2, 0.25) is 0 Å². The predicted octanol–water partition coefficient (Wildman–Crippen LogP) is 3.69. The van der Waals surface area contributed by atoms with Crippen molar-refractivity contribution in [1.82, 2.24) is 0 Å². The van der Waals surface area contributed by atoms with Crippen LogP contribution in [0.5, 0.6) is 5.75 Å². The number of ketones is 1. The molecule has 0 fully saturated rings. The standard InChI is InChI=1S/C18H16FNO3/c1-12(21)14-5-7-15(8-6-14)20-18(22)10-4-13-3-9-17(23-2)16(19)11-13/h3-11H,1-2H3,(H,20,22). The van der Waals surface area contributed by atoms with E-state index in [0.29, 0.717) is 16.8 Å². The van der Waals surface area contributed by atoms with E-state index in [-0.39, 0.29) is 17.4 Å². The minimum Gasteiger partial charge on any atom is -0.494 e. The molecule has 0 bridgehead atoms. The van der Waals surface area contributed by atoms with Gasteiger partial charge >= 0.3 is 0 Å². The van der Waals surface area contributed by atoms with E-state index < -0.39 is 5.82 Å². The Labute approximate surface area is 133 Å². The molecule has 0 unspecified atom stereocenters. The molecule has 2 aromatic carbocycles. The summed E-state index contributed by atoms with van der Waals surface area (Å²) in [4.78, 5) is 23.0. The Kier molecular flexibility index (Phi) is 5.25. The van der Waals surface area contributed by atoms with Crippen molar-refractivity contribution in [2.24, 2.45) is 0 Å². The monoisotopic (exact) mass is 313 g/mol. The molecular weight excluding hydrogens is 297 g/mol. The summed E-state index contributed by atoms with van der Waals surface area (Å²) < 4.78 is 18.4. The second-order valence-electron chi connectivity index (χ2n) is 4.85. The van der Waals surface area contributed by atoms with Crippen LogP contribution >= 0.6 is 0 Å². The zero-order valence-corrected chi connectivity index (χ0v) is 12.8. The van der Waals surface area contributed by atoms with Crippen LogP contribution < -0.4 is 10.1 Å². The van der Waals surface area contributed by atoms with Gasteiger partial charge in [-0.1, -0.05) is 6.07 Å². The lowest BCUT2D eigenvalue weighted by Crippen LogP contribution is -2.07. The third-order valence-electron chi connectivity index (χ3n) is 3.16. The van der Waals surface area contributed by atoms with Gasteiger partial charge in [-0.2, -0.15) is 0 Å². The number of benzene rings is 2. The fraction of sp³-hybridized carbons (Fsp3) is 0.111. The zero-order chi connectivity index (χ0) is 16.8. The molecule has 0 saturated carbocycles. The van der Waals surface area contributed by atoms with Gasteiger partial charge in [0, 0.05) is 17.3 Å². The van der Waals surface area contributed by atoms with Crippen LogP contribution in [0.3, 0.4) is 0 Å². The molecule has 0 heterocycles. The Balaban J connectivity index is 2.01. The van der Waals surface area contributed by atoms with E-state index in [4.69, 9.17) is 4.74 Å². The third-order valence-corrected chi connectivity index (χ3v) is 3.16. The number of methoxy groups -OCH3 is 1. The fourth-order valence-corrected chi connectivity index (χ4v) is 1.93. The minimum absolute atomic E-state index is 0.0377. The number of carbonyl (C=O) groups excluding carboxylic acids is 2. The Hall–Kier alpha value is -2.95. The average molecular weight is 313 g/mol. The second-order valence-corrected chi connectivity index (χ2v) is 4.85. The highest BCUT2D eigenvalue weighted by atomic mass is 19.1. The summed E-state index contributed by atoms with van der Waals surface area (Å²) in [7, 11) is 1.39. The smallest absolute Gasteiger partial charge is 0.248 e. The van der Waals surface area contributed by atoms with Gasteiger partial charge in [-0.15, -0.1) is 0 Å². The normalized spacial score (nSPS) is 10.6. The van der Waals surface area contributed by atoms with Gasteiger partial charge in [0.15, 0.2) is 17.3 Å². The number of hydrogen-bond acceptors (Lipinski definition) is 3. The van der Waals surface area contributed by atoms with Crippen molar-refractivity contribution in [2.45, 2.75) is 6.92 Å². The van der Waals surface area contributed by atoms with Crippen molar-refractivity contribution in [3.05, 3.63) is 65.5 Å². The lowest BCUT2D eigenvalue weighted by atomic mass is 10.1.